The van der Waals surface area contributed by atoms with Crippen molar-refractivity contribution < 1.29 is 24.2 Å². The molecule has 0 radical (unpaired) electrons. The van der Waals surface area contributed by atoms with E-state index in [2.05, 4.69) is 27.8 Å². The van der Waals surface area contributed by atoms with Crippen LogP contribution in [0.25, 0.3) is 43.6 Å². The van der Waals surface area contributed by atoms with Gasteiger partial charge in [0.15, 0.2) is 0 Å². The van der Waals surface area contributed by atoms with Gasteiger partial charge in [-0.2, -0.15) is 0 Å². The normalized spacial score (nSPS) is 18.2. The number of amides is 2. The number of aryl methyl sites for hydroxylation is 1. The molecule has 1 unspecified atom stereocenters. The van der Waals surface area contributed by atoms with Gasteiger partial charge in [-0.1, -0.05) is 35.9 Å². The van der Waals surface area contributed by atoms with Gasteiger partial charge in [0.05, 0.1) is 55.1 Å². The van der Waals surface area contributed by atoms with Crippen LogP contribution in [0.1, 0.15) is 44.3 Å². The smallest absolute Gasteiger partial charge is 0.262 e. The van der Waals surface area contributed by atoms with Crippen LogP contribution >= 0.6 is 0 Å². The van der Waals surface area contributed by atoms with Crippen molar-refractivity contribution in [3.8, 4) is 11.5 Å². The number of rotatable bonds is 5. The zero-order valence-electron chi connectivity index (χ0n) is 24.0. The van der Waals surface area contributed by atoms with Gasteiger partial charge in [-0.05, 0) is 55.0 Å². The Morgan fingerprint density at radius 2 is 1.58 bits per heavy atom. The van der Waals surface area contributed by atoms with Crippen LogP contribution < -0.4 is 9.47 Å². The second kappa shape index (κ2) is 9.21. The van der Waals surface area contributed by atoms with Crippen molar-refractivity contribution in [3.05, 3.63) is 95.1 Å². The monoisotopic (exact) mass is 571 g/mol. The number of aliphatic hydroxyl groups excluding tert-OH is 1. The fraction of sp³-hybridized carbons (Fsp3) is 0.200. The number of allylic oxidation sites excluding steroid dienone is 1. The maximum atomic E-state index is 14.5. The van der Waals surface area contributed by atoms with E-state index >= 15 is 0 Å². The molecule has 8 rings (SSSR count). The van der Waals surface area contributed by atoms with Crippen LogP contribution in [0, 0.1) is 6.92 Å². The Morgan fingerprint density at radius 3 is 2.28 bits per heavy atom. The average Bonchev–Trinajstić information content (AvgIpc) is 3.75. The van der Waals surface area contributed by atoms with Crippen LogP contribution in [0.5, 0.6) is 11.5 Å². The molecule has 4 aromatic carbocycles. The number of aromatic amines is 1. The van der Waals surface area contributed by atoms with E-state index in [-0.39, 0.29) is 24.4 Å². The predicted molar refractivity (Wildman–Crippen MR) is 166 cm³/mol. The molecule has 2 N–H and O–H groups in total. The number of ether oxygens (including phenoxy) is 2. The molecule has 2 aromatic heterocycles. The maximum absolute atomic E-state index is 14.5. The molecule has 0 spiro atoms. The molecule has 2 amide bonds. The SMILES string of the molecule is COc1ccc(CN2C(=O)c3c(c4c5cc(C)ccc5n(C5C=C[C@@H](O)C5)c4c4[nH]c5ccc(OC)cc5c34)C2=O)cc1. The zero-order chi connectivity index (χ0) is 29.6. The minimum Gasteiger partial charge on any atom is -0.497 e. The van der Waals surface area contributed by atoms with E-state index in [4.69, 9.17) is 9.47 Å². The van der Waals surface area contributed by atoms with Crippen LogP contribution in [-0.2, 0) is 6.54 Å². The highest BCUT2D eigenvalue weighted by atomic mass is 16.5. The van der Waals surface area contributed by atoms with E-state index in [1.54, 1.807) is 14.2 Å². The van der Waals surface area contributed by atoms with E-state index in [0.717, 1.165) is 49.4 Å². The molecule has 2 atom stereocenters. The maximum Gasteiger partial charge on any atom is 0.262 e. The molecule has 8 nitrogen and oxygen atoms in total. The summed E-state index contributed by atoms with van der Waals surface area (Å²) in [6.07, 6.45) is 3.82. The number of methoxy groups -OCH3 is 2. The number of fused-ring (bicyclic) bond motifs is 10. The molecule has 43 heavy (non-hydrogen) atoms. The van der Waals surface area contributed by atoms with Crippen LogP contribution in [0.4, 0.5) is 0 Å². The molecule has 3 heterocycles. The Bertz CT molecular complexity index is 2190. The first kappa shape index (κ1) is 25.6. The highest BCUT2D eigenvalue weighted by Crippen LogP contribution is 2.47. The van der Waals surface area contributed by atoms with Crippen LogP contribution in [-0.4, -0.2) is 51.7 Å². The number of hydrogen-bond donors (Lipinski definition) is 2. The lowest BCUT2D eigenvalue weighted by Gasteiger charge is -2.16. The Labute approximate surface area is 246 Å². The summed E-state index contributed by atoms with van der Waals surface area (Å²) in [5.41, 5.74) is 6.12. The van der Waals surface area contributed by atoms with Gasteiger partial charge in [-0.25, -0.2) is 0 Å². The Kier molecular flexibility index (Phi) is 5.49. The molecular weight excluding hydrogens is 542 g/mol. The first-order chi connectivity index (χ1) is 20.9. The molecule has 0 bridgehead atoms. The van der Waals surface area contributed by atoms with Gasteiger partial charge in [0.1, 0.15) is 11.5 Å². The molecule has 1 aliphatic heterocycles. The van der Waals surface area contributed by atoms with Crippen molar-refractivity contribution in [3.63, 3.8) is 0 Å². The lowest BCUT2D eigenvalue weighted by Crippen LogP contribution is -2.29. The third-order valence-corrected chi connectivity index (χ3v) is 8.94. The van der Waals surface area contributed by atoms with Crippen LogP contribution in [0.15, 0.2) is 72.8 Å². The number of benzene rings is 4. The molecule has 214 valence electrons. The van der Waals surface area contributed by atoms with Crippen LogP contribution in [0.3, 0.4) is 0 Å². The summed E-state index contributed by atoms with van der Waals surface area (Å²) in [6.45, 7) is 2.17. The van der Waals surface area contributed by atoms with Gasteiger partial charge in [0.25, 0.3) is 11.8 Å². The molecule has 6 aromatic rings. The molecule has 0 saturated heterocycles. The number of H-pyrrole nitrogens is 1. The van der Waals surface area contributed by atoms with Gasteiger partial charge >= 0.3 is 0 Å². The number of hydrogen-bond acceptors (Lipinski definition) is 5. The average molecular weight is 572 g/mol. The molecule has 1 aliphatic carbocycles. The summed E-state index contributed by atoms with van der Waals surface area (Å²) in [5.74, 6) is 0.724. The highest BCUT2D eigenvalue weighted by Gasteiger charge is 2.42. The van der Waals surface area contributed by atoms with Gasteiger partial charge in [0, 0.05) is 39.0 Å². The summed E-state index contributed by atoms with van der Waals surface area (Å²) in [6, 6.07) is 19.2. The lowest BCUT2D eigenvalue weighted by atomic mass is 9.96. The fourth-order valence-corrected chi connectivity index (χ4v) is 6.96. The molecule has 0 fully saturated rings. The van der Waals surface area contributed by atoms with Gasteiger partial charge < -0.3 is 24.1 Å². The number of aromatic nitrogens is 2. The second-order valence-corrected chi connectivity index (χ2v) is 11.5. The largest absolute Gasteiger partial charge is 0.497 e. The summed E-state index contributed by atoms with van der Waals surface area (Å²) >= 11 is 0. The van der Waals surface area contributed by atoms with Crippen molar-refractivity contribution in [2.24, 2.45) is 0 Å². The van der Waals surface area contributed by atoms with E-state index in [1.165, 1.54) is 4.90 Å². The lowest BCUT2D eigenvalue weighted by molar-refractivity contribution is 0.0643. The van der Waals surface area contributed by atoms with Gasteiger partial charge in [-0.15, -0.1) is 0 Å². The summed E-state index contributed by atoms with van der Waals surface area (Å²) in [5, 5.41) is 13.7. The van der Waals surface area contributed by atoms with Gasteiger partial charge in [0.2, 0.25) is 0 Å². The van der Waals surface area contributed by atoms with Crippen molar-refractivity contribution >= 4 is 55.4 Å². The Morgan fingerprint density at radius 1 is 0.860 bits per heavy atom. The van der Waals surface area contributed by atoms with E-state index < -0.39 is 6.10 Å². The number of carbonyl (C=O) groups excluding carboxylic acids is 2. The van der Waals surface area contributed by atoms with E-state index in [1.807, 2.05) is 61.5 Å². The van der Waals surface area contributed by atoms with Crippen molar-refractivity contribution in [2.45, 2.75) is 32.0 Å². The topological polar surface area (TPSA) is 96.8 Å². The number of aliphatic hydroxyl groups is 1. The third kappa shape index (κ3) is 3.59. The Balaban J connectivity index is 1.49. The second-order valence-electron chi connectivity index (χ2n) is 11.5. The van der Waals surface area contributed by atoms with Crippen LogP contribution in [0.2, 0.25) is 0 Å². The molecule has 2 aliphatic rings. The number of carbonyl (C=O) groups is 2. The minimum absolute atomic E-state index is 0.123. The summed E-state index contributed by atoms with van der Waals surface area (Å²) < 4.78 is 13.1. The van der Waals surface area contributed by atoms with Crippen molar-refractivity contribution in [1.29, 1.82) is 0 Å². The first-order valence-electron chi connectivity index (χ1n) is 14.3. The first-order valence-corrected chi connectivity index (χ1v) is 14.3. The van der Waals surface area contributed by atoms with E-state index in [0.29, 0.717) is 34.4 Å². The number of nitrogens with zero attached hydrogens (tertiary/aromatic N) is 2. The molecule has 8 heteroatoms. The highest BCUT2D eigenvalue weighted by molar-refractivity contribution is 6.39. The summed E-state index contributed by atoms with van der Waals surface area (Å²) in [7, 11) is 3.22. The van der Waals surface area contributed by atoms with Gasteiger partial charge in [-0.3, -0.25) is 14.5 Å². The Hall–Kier alpha value is -5.08. The van der Waals surface area contributed by atoms with Crippen molar-refractivity contribution in [2.75, 3.05) is 14.2 Å². The molecule has 0 saturated carbocycles. The third-order valence-electron chi connectivity index (χ3n) is 8.94. The number of imide groups is 1. The zero-order valence-corrected chi connectivity index (χ0v) is 24.0. The van der Waals surface area contributed by atoms with E-state index in [9.17, 15) is 14.7 Å². The summed E-state index contributed by atoms with van der Waals surface area (Å²) in [4.78, 5) is 33.8. The van der Waals surface area contributed by atoms with Crippen molar-refractivity contribution in [1.82, 2.24) is 14.5 Å². The quantitative estimate of drug-likeness (QED) is 0.184. The predicted octanol–water partition coefficient (Wildman–Crippen LogP) is 6.41. The standard InChI is InChI=1S/C35H29N3O5/c1-18-4-13-27-25(14-18)29-31-30(34(40)37(35(31)41)17-19-5-9-22(42-2)10-6-19)28-24-16-23(43-3)11-12-26(24)36-32(28)33(29)38(27)20-7-8-21(39)15-20/h4-14,16,20-21,36,39H,15,17H2,1-3H3/t20?,21-/m1/s1. The molecular formula is C35H29N3O5. The fourth-order valence-electron chi connectivity index (χ4n) is 6.96. The number of nitrogens with one attached hydrogen (secondary N) is 1. The minimum atomic E-state index is -0.553.